The number of benzene rings is 1. The van der Waals surface area contributed by atoms with Crippen LogP contribution in [0.1, 0.15) is 6.92 Å². The van der Waals surface area contributed by atoms with Crippen LogP contribution in [-0.4, -0.2) is 12.7 Å². The number of hydrogen-bond acceptors (Lipinski definition) is 2. The Morgan fingerprint density at radius 1 is 1.64 bits per heavy atom. The number of amides is 1. The molecule has 1 aromatic rings. The van der Waals surface area contributed by atoms with Gasteiger partial charge < -0.3 is 4.74 Å². The van der Waals surface area contributed by atoms with Gasteiger partial charge in [0.2, 0.25) is 0 Å². The smallest absolute Gasteiger partial charge is 0.411 e. The van der Waals surface area contributed by atoms with E-state index >= 15 is 0 Å². The zero-order chi connectivity index (χ0) is 10.6. The molecule has 0 radical (unpaired) electrons. The van der Waals surface area contributed by atoms with Crippen molar-refractivity contribution in [1.82, 2.24) is 0 Å². The maximum absolute atomic E-state index is 11.1. The number of halogens is 2. The fourth-order valence-corrected chi connectivity index (χ4v) is 1.39. The molecule has 0 aliphatic rings. The first kappa shape index (κ1) is 11.3. The highest BCUT2D eigenvalue weighted by atomic mass is 79.9. The van der Waals surface area contributed by atoms with Gasteiger partial charge in [0.15, 0.2) is 0 Å². The predicted molar refractivity (Wildman–Crippen MR) is 59.8 cm³/mol. The van der Waals surface area contributed by atoms with E-state index in [1.54, 1.807) is 25.1 Å². The summed E-state index contributed by atoms with van der Waals surface area (Å²) in [7, 11) is 0. The summed E-state index contributed by atoms with van der Waals surface area (Å²) in [5.74, 6) is 0. The van der Waals surface area contributed by atoms with Crippen LogP contribution in [0.25, 0.3) is 0 Å². The van der Waals surface area contributed by atoms with Gasteiger partial charge in [-0.3, -0.25) is 5.32 Å². The molecule has 3 nitrogen and oxygen atoms in total. The first-order chi connectivity index (χ1) is 6.63. The van der Waals surface area contributed by atoms with E-state index in [1.807, 2.05) is 0 Å². The lowest BCUT2D eigenvalue weighted by molar-refractivity contribution is 0.168. The molecule has 0 bridgehead atoms. The van der Waals surface area contributed by atoms with Crippen molar-refractivity contribution in [2.45, 2.75) is 6.92 Å². The summed E-state index contributed by atoms with van der Waals surface area (Å²) in [6.07, 6.45) is -0.490. The van der Waals surface area contributed by atoms with Crippen molar-refractivity contribution < 1.29 is 9.53 Å². The van der Waals surface area contributed by atoms with Crippen LogP contribution in [0.5, 0.6) is 0 Å². The van der Waals surface area contributed by atoms with Crippen LogP contribution in [0, 0.1) is 0 Å². The zero-order valence-electron chi connectivity index (χ0n) is 7.51. The van der Waals surface area contributed by atoms with Gasteiger partial charge in [-0.1, -0.05) is 11.6 Å². The van der Waals surface area contributed by atoms with Crippen molar-refractivity contribution >= 4 is 39.3 Å². The minimum atomic E-state index is -0.490. The second-order valence-corrected chi connectivity index (χ2v) is 3.76. The summed E-state index contributed by atoms with van der Waals surface area (Å²) in [6.45, 7) is 2.08. The largest absolute Gasteiger partial charge is 0.450 e. The van der Waals surface area contributed by atoms with Crippen LogP contribution in [0.3, 0.4) is 0 Å². The summed E-state index contributed by atoms with van der Waals surface area (Å²) in [4.78, 5) is 11.1. The molecule has 0 aliphatic heterocycles. The van der Waals surface area contributed by atoms with E-state index in [0.717, 1.165) is 4.47 Å². The van der Waals surface area contributed by atoms with Gasteiger partial charge in [-0.25, -0.2) is 4.79 Å². The van der Waals surface area contributed by atoms with Gasteiger partial charge in [0, 0.05) is 9.50 Å². The highest BCUT2D eigenvalue weighted by molar-refractivity contribution is 9.10. The quantitative estimate of drug-likeness (QED) is 0.896. The molecule has 1 N–H and O–H groups in total. The number of carbonyl (C=O) groups excluding carboxylic acids is 1. The Bertz CT molecular complexity index is 344. The van der Waals surface area contributed by atoms with E-state index < -0.39 is 6.09 Å². The van der Waals surface area contributed by atoms with Crippen molar-refractivity contribution in [2.75, 3.05) is 11.9 Å². The fraction of sp³-hybridized carbons (Fsp3) is 0.222. The molecule has 0 heterocycles. The van der Waals surface area contributed by atoms with E-state index in [9.17, 15) is 4.79 Å². The Hall–Kier alpha value is -0.740. The normalized spacial score (nSPS) is 9.64. The first-order valence-electron chi connectivity index (χ1n) is 4.02. The Morgan fingerprint density at radius 2 is 2.36 bits per heavy atom. The summed E-state index contributed by atoms with van der Waals surface area (Å²) in [6, 6.07) is 5.12. The highest BCUT2D eigenvalue weighted by Gasteiger charge is 2.05. The molecule has 1 aromatic carbocycles. The number of nitrogens with one attached hydrogen (secondary N) is 1. The standard InChI is InChI=1S/C9H9BrClNO2/c1-2-14-9(13)12-8-5-6(11)3-4-7(8)10/h3-5H,2H2,1H3,(H,12,13). The highest BCUT2D eigenvalue weighted by Crippen LogP contribution is 2.25. The number of anilines is 1. The van der Waals surface area contributed by atoms with Crippen LogP contribution in [0.4, 0.5) is 10.5 Å². The van der Waals surface area contributed by atoms with Gasteiger partial charge in [0.05, 0.1) is 12.3 Å². The molecule has 14 heavy (non-hydrogen) atoms. The molecular weight excluding hydrogens is 269 g/mol. The third-order valence-electron chi connectivity index (χ3n) is 1.44. The molecule has 5 heteroatoms. The maximum atomic E-state index is 11.1. The fourth-order valence-electron chi connectivity index (χ4n) is 0.870. The minimum Gasteiger partial charge on any atom is -0.450 e. The van der Waals surface area contributed by atoms with Gasteiger partial charge in [0.25, 0.3) is 0 Å². The molecule has 0 aliphatic carbocycles. The van der Waals surface area contributed by atoms with E-state index in [2.05, 4.69) is 21.2 Å². The van der Waals surface area contributed by atoms with Gasteiger partial charge in [0.1, 0.15) is 0 Å². The van der Waals surface area contributed by atoms with Gasteiger partial charge in [-0.15, -0.1) is 0 Å². The summed E-state index contributed by atoms with van der Waals surface area (Å²) in [5, 5.41) is 3.12. The number of hydrogen-bond donors (Lipinski definition) is 1. The SMILES string of the molecule is CCOC(=O)Nc1cc(Cl)ccc1Br. The van der Waals surface area contributed by atoms with Crippen LogP contribution >= 0.6 is 27.5 Å². The Morgan fingerprint density at radius 3 is 3.00 bits per heavy atom. The molecule has 76 valence electrons. The molecule has 0 saturated heterocycles. The van der Waals surface area contributed by atoms with Gasteiger partial charge in [-0.2, -0.15) is 0 Å². The van der Waals surface area contributed by atoms with Crippen LogP contribution in [0.15, 0.2) is 22.7 Å². The third kappa shape index (κ3) is 3.20. The average molecular weight is 279 g/mol. The zero-order valence-corrected chi connectivity index (χ0v) is 9.85. The minimum absolute atomic E-state index is 0.337. The molecule has 0 aromatic heterocycles. The van der Waals surface area contributed by atoms with Crippen molar-refractivity contribution in [3.63, 3.8) is 0 Å². The molecular formula is C9H9BrClNO2. The summed E-state index contributed by atoms with van der Waals surface area (Å²) in [5.41, 5.74) is 0.593. The monoisotopic (exact) mass is 277 g/mol. The lowest BCUT2D eigenvalue weighted by atomic mass is 10.3. The van der Waals surface area contributed by atoms with Crippen molar-refractivity contribution in [1.29, 1.82) is 0 Å². The summed E-state index contributed by atoms with van der Waals surface area (Å²) < 4.78 is 5.49. The molecule has 0 spiro atoms. The lowest BCUT2D eigenvalue weighted by Gasteiger charge is -2.07. The third-order valence-corrected chi connectivity index (χ3v) is 2.37. The van der Waals surface area contributed by atoms with Crippen LogP contribution < -0.4 is 5.32 Å². The van der Waals surface area contributed by atoms with Crippen molar-refractivity contribution in [2.24, 2.45) is 0 Å². The van der Waals surface area contributed by atoms with Crippen LogP contribution in [-0.2, 0) is 4.74 Å². The maximum Gasteiger partial charge on any atom is 0.411 e. The second kappa shape index (κ2) is 5.22. The molecule has 1 amide bonds. The van der Waals surface area contributed by atoms with E-state index in [0.29, 0.717) is 17.3 Å². The molecule has 1 rings (SSSR count). The van der Waals surface area contributed by atoms with Crippen LogP contribution in [0.2, 0.25) is 5.02 Å². The topological polar surface area (TPSA) is 38.3 Å². The van der Waals surface area contributed by atoms with Gasteiger partial charge in [-0.05, 0) is 41.1 Å². The van der Waals surface area contributed by atoms with E-state index in [1.165, 1.54) is 0 Å². The Kier molecular flexibility index (Phi) is 4.22. The average Bonchev–Trinajstić information content (AvgIpc) is 2.12. The second-order valence-electron chi connectivity index (χ2n) is 2.47. The van der Waals surface area contributed by atoms with Gasteiger partial charge >= 0.3 is 6.09 Å². The Labute approximate surface area is 95.5 Å². The molecule has 0 saturated carbocycles. The predicted octanol–water partition coefficient (Wildman–Crippen LogP) is 3.67. The first-order valence-corrected chi connectivity index (χ1v) is 5.19. The molecule has 0 atom stereocenters. The lowest BCUT2D eigenvalue weighted by Crippen LogP contribution is -2.13. The number of carbonyl (C=O) groups is 1. The van der Waals surface area contributed by atoms with E-state index in [-0.39, 0.29) is 0 Å². The molecule has 0 fully saturated rings. The van der Waals surface area contributed by atoms with Crippen molar-refractivity contribution in [3.8, 4) is 0 Å². The molecule has 0 unspecified atom stereocenters. The summed E-state index contributed by atoms with van der Waals surface area (Å²) >= 11 is 9.05. The number of ether oxygens (including phenoxy) is 1. The van der Waals surface area contributed by atoms with Crippen molar-refractivity contribution in [3.05, 3.63) is 27.7 Å². The number of rotatable bonds is 2. The van der Waals surface area contributed by atoms with E-state index in [4.69, 9.17) is 16.3 Å². The Balaban J connectivity index is 2.75.